The molecule has 0 atom stereocenters. The maximum absolute atomic E-state index is 13.2. The summed E-state index contributed by atoms with van der Waals surface area (Å²) in [4.78, 5) is 17.6. The molecule has 0 spiro atoms. The number of aromatic nitrogens is 1. The Balaban J connectivity index is 1.55. The van der Waals surface area contributed by atoms with Gasteiger partial charge in [0, 0.05) is 61.6 Å². The smallest absolute Gasteiger partial charge is 0.254 e. The lowest BCUT2D eigenvalue weighted by molar-refractivity contribution is 0.0769. The van der Waals surface area contributed by atoms with Crippen LogP contribution in [0.4, 0.5) is 5.69 Å². The van der Waals surface area contributed by atoms with E-state index in [2.05, 4.69) is 46.7 Å². The van der Waals surface area contributed by atoms with Gasteiger partial charge in [0.2, 0.25) is 0 Å². The third-order valence-electron chi connectivity index (χ3n) is 5.40. The van der Waals surface area contributed by atoms with E-state index in [0.717, 1.165) is 49.1 Å². The Morgan fingerprint density at radius 3 is 2.62 bits per heavy atom. The molecule has 0 bridgehead atoms. The van der Waals surface area contributed by atoms with Crippen molar-refractivity contribution >= 4 is 22.5 Å². The molecule has 2 heterocycles. The first-order valence-corrected chi connectivity index (χ1v) is 9.29. The minimum Gasteiger partial charge on any atom is -0.369 e. The average Bonchev–Trinajstić information content (AvgIpc) is 2.89. The van der Waals surface area contributed by atoms with Gasteiger partial charge >= 0.3 is 0 Å². The topological polar surface area (TPSA) is 28.5 Å². The van der Waals surface area contributed by atoms with Crippen molar-refractivity contribution in [3.8, 4) is 0 Å². The quantitative estimate of drug-likeness (QED) is 0.705. The molecular formula is C22H25N3O. The van der Waals surface area contributed by atoms with E-state index in [1.165, 1.54) is 11.3 Å². The second kappa shape index (κ2) is 6.87. The third-order valence-corrected chi connectivity index (χ3v) is 5.40. The van der Waals surface area contributed by atoms with Crippen LogP contribution in [0.15, 0.2) is 54.7 Å². The number of amides is 1. The van der Waals surface area contributed by atoms with E-state index in [0.29, 0.717) is 0 Å². The molecular weight excluding hydrogens is 322 g/mol. The van der Waals surface area contributed by atoms with Crippen molar-refractivity contribution in [3.05, 3.63) is 65.9 Å². The first kappa shape index (κ1) is 16.7. The van der Waals surface area contributed by atoms with E-state index in [9.17, 15) is 4.79 Å². The molecule has 1 aliphatic rings. The summed E-state index contributed by atoms with van der Waals surface area (Å²) < 4.78 is 2.06. The molecule has 1 saturated heterocycles. The van der Waals surface area contributed by atoms with Gasteiger partial charge in [-0.1, -0.05) is 24.3 Å². The van der Waals surface area contributed by atoms with Gasteiger partial charge in [0.05, 0.1) is 0 Å². The number of fused-ring (bicyclic) bond motifs is 1. The normalized spacial score (nSPS) is 15.3. The maximum atomic E-state index is 13.2. The Kier molecular flexibility index (Phi) is 4.41. The number of hydrogen-bond acceptors (Lipinski definition) is 2. The van der Waals surface area contributed by atoms with Crippen LogP contribution >= 0.6 is 0 Å². The zero-order valence-electron chi connectivity index (χ0n) is 15.5. The molecule has 4 heteroatoms. The number of carbonyl (C=O) groups excluding carboxylic acids is 1. The van der Waals surface area contributed by atoms with Crippen LogP contribution in [0.1, 0.15) is 22.3 Å². The van der Waals surface area contributed by atoms with Crippen molar-refractivity contribution in [3.63, 3.8) is 0 Å². The number of para-hydroxylation sites is 1. The number of carbonyl (C=O) groups is 1. The van der Waals surface area contributed by atoms with Gasteiger partial charge in [-0.2, -0.15) is 0 Å². The molecule has 0 radical (unpaired) electrons. The maximum Gasteiger partial charge on any atom is 0.254 e. The number of hydrogen-bond donors (Lipinski definition) is 0. The fraction of sp³-hybridized carbons (Fsp3) is 0.318. The molecule has 3 aromatic rings. The highest BCUT2D eigenvalue weighted by molar-refractivity contribution is 6.06. The molecule has 1 amide bonds. The zero-order valence-corrected chi connectivity index (χ0v) is 15.5. The average molecular weight is 347 g/mol. The molecule has 0 aliphatic carbocycles. The van der Waals surface area contributed by atoms with Crippen LogP contribution < -0.4 is 4.90 Å². The first-order valence-electron chi connectivity index (χ1n) is 9.29. The molecule has 0 unspecified atom stereocenters. The van der Waals surface area contributed by atoms with Crippen molar-refractivity contribution in [2.24, 2.45) is 7.05 Å². The Morgan fingerprint density at radius 2 is 1.77 bits per heavy atom. The third kappa shape index (κ3) is 2.96. The molecule has 1 aromatic heterocycles. The van der Waals surface area contributed by atoms with Crippen LogP contribution in [0, 0.1) is 6.92 Å². The van der Waals surface area contributed by atoms with Crippen LogP contribution in [0.5, 0.6) is 0 Å². The largest absolute Gasteiger partial charge is 0.369 e. The van der Waals surface area contributed by atoms with Crippen LogP contribution in [0.25, 0.3) is 10.9 Å². The van der Waals surface area contributed by atoms with E-state index >= 15 is 0 Å². The fourth-order valence-electron chi connectivity index (χ4n) is 3.94. The second-order valence-electron chi connectivity index (χ2n) is 7.08. The van der Waals surface area contributed by atoms with Crippen molar-refractivity contribution in [2.75, 3.05) is 31.1 Å². The molecule has 1 fully saturated rings. The van der Waals surface area contributed by atoms with Crippen molar-refractivity contribution in [1.82, 2.24) is 9.47 Å². The van der Waals surface area contributed by atoms with Crippen molar-refractivity contribution < 1.29 is 4.79 Å². The van der Waals surface area contributed by atoms with E-state index in [1.807, 2.05) is 36.3 Å². The summed E-state index contributed by atoms with van der Waals surface area (Å²) in [6.07, 6.45) is 3.01. The molecule has 4 rings (SSSR count). The van der Waals surface area contributed by atoms with E-state index < -0.39 is 0 Å². The summed E-state index contributed by atoms with van der Waals surface area (Å²) in [5.41, 5.74) is 4.49. The highest BCUT2D eigenvalue weighted by atomic mass is 16.2. The monoisotopic (exact) mass is 347 g/mol. The summed E-state index contributed by atoms with van der Waals surface area (Å²) >= 11 is 0. The number of aryl methyl sites for hydroxylation is 2. The molecule has 4 nitrogen and oxygen atoms in total. The van der Waals surface area contributed by atoms with Gasteiger partial charge in [-0.05, 0) is 43.2 Å². The Labute approximate surface area is 154 Å². The Morgan fingerprint density at radius 1 is 0.923 bits per heavy atom. The van der Waals surface area contributed by atoms with E-state index in [4.69, 9.17) is 0 Å². The summed E-state index contributed by atoms with van der Waals surface area (Å²) in [5.74, 6) is 0.147. The van der Waals surface area contributed by atoms with Crippen molar-refractivity contribution in [2.45, 2.75) is 13.3 Å². The highest BCUT2D eigenvalue weighted by Gasteiger charge is 2.22. The molecule has 0 saturated carbocycles. The number of nitrogens with zero attached hydrogens (tertiary/aromatic N) is 3. The van der Waals surface area contributed by atoms with E-state index in [1.54, 1.807) is 0 Å². The van der Waals surface area contributed by atoms with Gasteiger partial charge in [0.25, 0.3) is 5.91 Å². The fourth-order valence-corrected chi connectivity index (χ4v) is 3.94. The number of rotatable bonds is 2. The summed E-state index contributed by atoms with van der Waals surface area (Å²) in [7, 11) is 2.02. The van der Waals surface area contributed by atoms with Crippen molar-refractivity contribution in [1.29, 1.82) is 0 Å². The molecule has 26 heavy (non-hydrogen) atoms. The van der Waals surface area contributed by atoms with Crippen LogP contribution in [0.3, 0.4) is 0 Å². The number of anilines is 1. The highest BCUT2D eigenvalue weighted by Crippen LogP contribution is 2.24. The van der Waals surface area contributed by atoms with Gasteiger partial charge in [-0.3, -0.25) is 4.79 Å². The lowest BCUT2D eigenvalue weighted by Gasteiger charge is -2.25. The standard InChI is InChI=1S/C22H25N3O/c1-17-7-3-4-9-20(17)24-12-6-13-25(16-15-24)22(26)19-8-5-10-21-18(19)11-14-23(21)2/h3-5,7-11,14H,6,12-13,15-16H2,1-2H3. The summed E-state index contributed by atoms with van der Waals surface area (Å²) in [6.45, 7) is 5.59. The van der Waals surface area contributed by atoms with Gasteiger partial charge in [0.15, 0.2) is 0 Å². The van der Waals surface area contributed by atoms with Crippen LogP contribution in [-0.4, -0.2) is 41.6 Å². The zero-order chi connectivity index (χ0) is 18.1. The van der Waals surface area contributed by atoms with Gasteiger partial charge in [-0.15, -0.1) is 0 Å². The predicted molar refractivity (Wildman–Crippen MR) is 107 cm³/mol. The van der Waals surface area contributed by atoms with E-state index in [-0.39, 0.29) is 5.91 Å². The van der Waals surface area contributed by atoms with Crippen LogP contribution in [0.2, 0.25) is 0 Å². The lowest BCUT2D eigenvalue weighted by Crippen LogP contribution is -2.35. The van der Waals surface area contributed by atoms with Gasteiger partial charge in [0.1, 0.15) is 0 Å². The summed E-state index contributed by atoms with van der Waals surface area (Å²) in [5, 5.41) is 1.04. The Hall–Kier alpha value is -2.75. The summed E-state index contributed by atoms with van der Waals surface area (Å²) in [6, 6.07) is 16.5. The molecule has 2 aromatic carbocycles. The molecule has 1 aliphatic heterocycles. The predicted octanol–water partition coefficient (Wildman–Crippen LogP) is 3.84. The minimum atomic E-state index is 0.147. The second-order valence-corrected chi connectivity index (χ2v) is 7.08. The first-order chi connectivity index (χ1) is 12.6. The van der Waals surface area contributed by atoms with Gasteiger partial charge < -0.3 is 14.4 Å². The van der Waals surface area contributed by atoms with Crippen LogP contribution in [-0.2, 0) is 7.05 Å². The van der Waals surface area contributed by atoms with Gasteiger partial charge in [-0.25, -0.2) is 0 Å². The SMILES string of the molecule is Cc1ccccc1N1CCCN(C(=O)c2cccc3c2ccn3C)CC1. The minimum absolute atomic E-state index is 0.147. The lowest BCUT2D eigenvalue weighted by atomic mass is 10.1. The number of benzene rings is 2. The molecule has 0 N–H and O–H groups in total. The molecule has 134 valence electrons. The Bertz CT molecular complexity index is 943.